The first-order chi connectivity index (χ1) is 10.2. The van der Waals surface area contributed by atoms with Gasteiger partial charge in [0.25, 0.3) is 0 Å². The summed E-state index contributed by atoms with van der Waals surface area (Å²) in [5.74, 6) is 0. The number of anilines is 1. The maximum absolute atomic E-state index is 3.54. The van der Waals surface area contributed by atoms with E-state index in [-0.39, 0.29) is 0 Å². The van der Waals surface area contributed by atoms with Crippen LogP contribution in [0.1, 0.15) is 17.8 Å². The number of thiophene rings is 1. The van der Waals surface area contributed by atoms with Crippen molar-refractivity contribution in [1.82, 2.24) is 0 Å². The van der Waals surface area contributed by atoms with Gasteiger partial charge in [0.15, 0.2) is 0 Å². The van der Waals surface area contributed by atoms with Crippen LogP contribution in [0.15, 0.2) is 70.5 Å². The lowest BCUT2D eigenvalue weighted by Gasteiger charge is -2.14. The van der Waals surface area contributed by atoms with Crippen LogP contribution in [0, 0.1) is 0 Å². The first-order valence-electron chi connectivity index (χ1n) is 6.88. The first kappa shape index (κ1) is 14.4. The lowest BCUT2D eigenvalue weighted by atomic mass is 10.1. The van der Waals surface area contributed by atoms with Crippen molar-refractivity contribution in [1.29, 1.82) is 0 Å². The summed E-state index contributed by atoms with van der Waals surface area (Å²) in [7, 11) is 0. The Morgan fingerprint density at radius 2 is 1.62 bits per heavy atom. The molecule has 3 aromatic rings. The van der Waals surface area contributed by atoms with Crippen molar-refractivity contribution >= 4 is 33.0 Å². The quantitative estimate of drug-likeness (QED) is 0.573. The summed E-state index contributed by atoms with van der Waals surface area (Å²) >= 11 is 5.27. The minimum atomic E-state index is 0.309. The van der Waals surface area contributed by atoms with Crippen LogP contribution < -0.4 is 5.32 Å². The molecular weight excluding hydrogens is 342 g/mol. The van der Waals surface area contributed by atoms with Crippen LogP contribution in [0.4, 0.5) is 5.69 Å². The molecule has 3 heteroatoms. The standard InChI is InChI=1S/C18H16BrNS/c1-13(18-11-16(19)12-21-18)20-17-9-7-15(8-10-17)14-5-3-2-4-6-14/h2-13,20H,1H3. The highest BCUT2D eigenvalue weighted by molar-refractivity contribution is 9.10. The summed E-state index contributed by atoms with van der Waals surface area (Å²) in [6.07, 6.45) is 0. The molecule has 1 atom stereocenters. The Hall–Kier alpha value is -1.58. The predicted molar refractivity (Wildman–Crippen MR) is 95.9 cm³/mol. The van der Waals surface area contributed by atoms with E-state index in [0.717, 1.165) is 10.2 Å². The van der Waals surface area contributed by atoms with Crippen LogP contribution in [-0.4, -0.2) is 0 Å². The van der Waals surface area contributed by atoms with E-state index in [0.29, 0.717) is 6.04 Å². The number of hydrogen-bond acceptors (Lipinski definition) is 2. The highest BCUT2D eigenvalue weighted by atomic mass is 79.9. The van der Waals surface area contributed by atoms with Crippen molar-refractivity contribution in [3.63, 3.8) is 0 Å². The molecule has 1 aromatic heterocycles. The van der Waals surface area contributed by atoms with E-state index in [1.54, 1.807) is 11.3 Å². The van der Waals surface area contributed by atoms with Crippen molar-refractivity contribution in [2.24, 2.45) is 0 Å². The highest BCUT2D eigenvalue weighted by Crippen LogP contribution is 2.28. The molecule has 1 unspecified atom stereocenters. The smallest absolute Gasteiger partial charge is 0.0578 e. The number of halogens is 1. The molecule has 3 rings (SSSR count). The topological polar surface area (TPSA) is 12.0 Å². The van der Waals surface area contributed by atoms with Gasteiger partial charge in [-0.2, -0.15) is 0 Å². The van der Waals surface area contributed by atoms with E-state index in [2.05, 4.69) is 88.1 Å². The number of hydrogen-bond donors (Lipinski definition) is 1. The second-order valence-electron chi connectivity index (χ2n) is 4.98. The van der Waals surface area contributed by atoms with Gasteiger partial charge in [0.2, 0.25) is 0 Å². The van der Waals surface area contributed by atoms with E-state index in [9.17, 15) is 0 Å². The molecule has 1 nitrogen and oxygen atoms in total. The SMILES string of the molecule is CC(Nc1ccc(-c2ccccc2)cc1)c1cc(Br)cs1. The van der Waals surface area contributed by atoms with Gasteiger partial charge in [-0.25, -0.2) is 0 Å². The average molecular weight is 358 g/mol. The lowest BCUT2D eigenvalue weighted by Crippen LogP contribution is -2.04. The Morgan fingerprint density at radius 1 is 0.952 bits per heavy atom. The molecule has 1 heterocycles. The lowest BCUT2D eigenvalue weighted by molar-refractivity contribution is 0.908. The molecule has 106 valence electrons. The summed E-state index contributed by atoms with van der Waals surface area (Å²) in [6, 6.07) is 21.5. The van der Waals surface area contributed by atoms with Crippen LogP contribution >= 0.6 is 27.3 Å². The van der Waals surface area contributed by atoms with Crippen molar-refractivity contribution in [2.45, 2.75) is 13.0 Å². The zero-order chi connectivity index (χ0) is 14.7. The van der Waals surface area contributed by atoms with Gasteiger partial charge in [-0.3, -0.25) is 0 Å². The third kappa shape index (κ3) is 3.55. The molecule has 0 amide bonds. The molecule has 0 aliphatic rings. The molecule has 0 fully saturated rings. The van der Waals surface area contributed by atoms with E-state index >= 15 is 0 Å². The molecule has 21 heavy (non-hydrogen) atoms. The van der Waals surface area contributed by atoms with Crippen molar-refractivity contribution in [3.05, 3.63) is 75.4 Å². The van der Waals surface area contributed by atoms with Gasteiger partial charge >= 0.3 is 0 Å². The van der Waals surface area contributed by atoms with Gasteiger partial charge in [-0.1, -0.05) is 42.5 Å². The maximum atomic E-state index is 3.54. The van der Waals surface area contributed by atoms with E-state index in [1.165, 1.54) is 16.0 Å². The van der Waals surface area contributed by atoms with Gasteiger partial charge in [0.05, 0.1) is 6.04 Å². The second-order valence-corrected chi connectivity index (χ2v) is 6.84. The summed E-state index contributed by atoms with van der Waals surface area (Å²) in [6.45, 7) is 2.18. The zero-order valence-electron chi connectivity index (χ0n) is 11.7. The van der Waals surface area contributed by atoms with Crippen molar-refractivity contribution < 1.29 is 0 Å². The number of nitrogens with one attached hydrogen (secondary N) is 1. The van der Waals surface area contributed by atoms with Crippen LogP contribution in [0.25, 0.3) is 11.1 Å². The van der Waals surface area contributed by atoms with Crippen molar-refractivity contribution in [3.8, 4) is 11.1 Å². The summed E-state index contributed by atoms with van der Waals surface area (Å²) in [5, 5.41) is 5.66. The van der Waals surface area contributed by atoms with Crippen LogP contribution in [0.3, 0.4) is 0 Å². The Labute approximate surface area is 137 Å². The predicted octanol–water partition coefficient (Wildman–Crippen LogP) is 6.35. The molecule has 0 aliphatic heterocycles. The summed E-state index contributed by atoms with van der Waals surface area (Å²) in [4.78, 5) is 1.33. The molecule has 0 saturated heterocycles. The Bertz CT molecular complexity index is 704. The molecule has 0 spiro atoms. The Morgan fingerprint density at radius 3 is 2.24 bits per heavy atom. The van der Waals surface area contributed by atoms with Gasteiger partial charge in [0.1, 0.15) is 0 Å². The third-order valence-corrected chi connectivity index (χ3v) is 5.27. The van der Waals surface area contributed by atoms with Gasteiger partial charge in [-0.15, -0.1) is 11.3 Å². The zero-order valence-corrected chi connectivity index (χ0v) is 14.1. The monoisotopic (exact) mass is 357 g/mol. The van der Waals surface area contributed by atoms with Gasteiger partial charge in [-0.05, 0) is 52.2 Å². The molecule has 0 radical (unpaired) electrons. The number of rotatable bonds is 4. The fourth-order valence-electron chi connectivity index (χ4n) is 2.27. The van der Waals surface area contributed by atoms with E-state index < -0.39 is 0 Å². The van der Waals surface area contributed by atoms with Crippen LogP contribution in [0.5, 0.6) is 0 Å². The van der Waals surface area contributed by atoms with Crippen molar-refractivity contribution in [2.75, 3.05) is 5.32 Å². The largest absolute Gasteiger partial charge is 0.378 e. The maximum Gasteiger partial charge on any atom is 0.0578 e. The Kier molecular flexibility index (Phi) is 4.42. The Balaban J connectivity index is 1.73. The second kappa shape index (κ2) is 6.46. The summed E-state index contributed by atoms with van der Waals surface area (Å²) in [5.41, 5.74) is 3.64. The fraction of sp³-hybridized carbons (Fsp3) is 0.111. The van der Waals surface area contributed by atoms with E-state index in [4.69, 9.17) is 0 Å². The fourth-order valence-corrected chi connectivity index (χ4v) is 3.72. The summed E-state index contributed by atoms with van der Waals surface area (Å²) < 4.78 is 1.15. The average Bonchev–Trinajstić information content (AvgIpc) is 2.96. The molecular formula is C18H16BrNS. The normalized spacial score (nSPS) is 12.1. The van der Waals surface area contributed by atoms with Crippen LogP contribution in [-0.2, 0) is 0 Å². The number of benzene rings is 2. The van der Waals surface area contributed by atoms with Crippen LogP contribution in [0.2, 0.25) is 0 Å². The minimum Gasteiger partial charge on any atom is -0.378 e. The first-order valence-corrected chi connectivity index (χ1v) is 8.55. The highest BCUT2D eigenvalue weighted by Gasteiger charge is 2.08. The minimum absolute atomic E-state index is 0.309. The molecule has 1 N–H and O–H groups in total. The molecule has 2 aromatic carbocycles. The third-order valence-electron chi connectivity index (χ3n) is 3.39. The van der Waals surface area contributed by atoms with E-state index in [1.807, 2.05) is 6.07 Å². The molecule has 0 saturated carbocycles. The molecule has 0 aliphatic carbocycles. The van der Waals surface area contributed by atoms with Gasteiger partial charge in [0, 0.05) is 20.4 Å². The molecule has 0 bridgehead atoms. The van der Waals surface area contributed by atoms with Gasteiger partial charge < -0.3 is 5.32 Å².